The number of azo groups is 1. The molecule has 0 aromatic heterocycles. The Morgan fingerprint density at radius 2 is 1.72 bits per heavy atom. The van der Waals surface area contributed by atoms with Crippen molar-refractivity contribution >= 4 is 0 Å². The summed E-state index contributed by atoms with van der Waals surface area (Å²) < 4.78 is 11.6. The van der Waals surface area contributed by atoms with Gasteiger partial charge in [0.05, 0.1) is 0 Å². The molecule has 1 spiro atoms. The van der Waals surface area contributed by atoms with Crippen molar-refractivity contribution in [1.29, 1.82) is 0 Å². The largest absolute Gasteiger partial charge is 0.334 e. The van der Waals surface area contributed by atoms with Crippen LogP contribution in [0.3, 0.4) is 0 Å². The molecule has 4 heteroatoms. The zero-order valence-electron chi connectivity index (χ0n) is 11.0. The fraction of sp³-hybridized carbons (Fsp3) is 0.857. The molecular formula is C14H20N2O2. The van der Waals surface area contributed by atoms with Crippen molar-refractivity contribution in [3.63, 3.8) is 0 Å². The molecule has 0 amide bonds. The molecule has 0 saturated heterocycles. The molecule has 0 radical (unpaired) electrons. The van der Waals surface area contributed by atoms with Crippen LogP contribution >= 0.6 is 0 Å². The highest BCUT2D eigenvalue weighted by Crippen LogP contribution is 2.63. The minimum atomic E-state index is -0.879. The molecule has 4 rings (SSSR count). The van der Waals surface area contributed by atoms with Gasteiger partial charge in [-0.05, 0) is 24.7 Å². The van der Waals surface area contributed by atoms with E-state index >= 15 is 0 Å². The van der Waals surface area contributed by atoms with E-state index in [0.717, 1.165) is 11.8 Å². The lowest BCUT2D eigenvalue weighted by Crippen LogP contribution is -2.41. The Kier molecular flexibility index (Phi) is 2.11. The zero-order valence-corrected chi connectivity index (χ0v) is 11.0. The zero-order chi connectivity index (χ0) is 12.4. The molecule has 2 fully saturated rings. The smallest absolute Gasteiger partial charge is 0.286 e. The van der Waals surface area contributed by atoms with Gasteiger partial charge in [0.15, 0.2) is 5.72 Å². The highest BCUT2D eigenvalue weighted by atomic mass is 16.7. The molecular weight excluding hydrogens is 228 g/mol. The van der Waals surface area contributed by atoms with Crippen LogP contribution in [0.4, 0.5) is 0 Å². The van der Waals surface area contributed by atoms with E-state index in [0.29, 0.717) is 11.8 Å². The Labute approximate surface area is 107 Å². The van der Waals surface area contributed by atoms with Crippen LogP contribution in [-0.4, -0.2) is 18.7 Å². The van der Waals surface area contributed by atoms with Crippen LogP contribution in [0.1, 0.15) is 32.6 Å². The van der Waals surface area contributed by atoms with Crippen molar-refractivity contribution < 1.29 is 9.47 Å². The third-order valence-electron chi connectivity index (χ3n) is 5.40. The number of fused-ring (bicyclic) bond motifs is 3. The average molecular weight is 248 g/mol. The van der Waals surface area contributed by atoms with Gasteiger partial charge in [-0.2, -0.15) is 5.11 Å². The van der Waals surface area contributed by atoms with Crippen molar-refractivity contribution in [3.8, 4) is 0 Å². The fourth-order valence-corrected chi connectivity index (χ4v) is 4.58. The molecule has 1 aliphatic heterocycles. The van der Waals surface area contributed by atoms with Gasteiger partial charge in [-0.25, -0.2) is 0 Å². The maximum absolute atomic E-state index is 6.21. The summed E-state index contributed by atoms with van der Waals surface area (Å²) in [4.78, 5) is 0. The van der Waals surface area contributed by atoms with Crippen molar-refractivity contribution in [1.82, 2.24) is 0 Å². The molecule has 2 saturated carbocycles. The molecule has 4 nitrogen and oxygen atoms in total. The molecule has 2 bridgehead atoms. The van der Waals surface area contributed by atoms with E-state index in [-0.39, 0.29) is 0 Å². The molecule has 6 atom stereocenters. The predicted octanol–water partition coefficient (Wildman–Crippen LogP) is 3.11. The number of methoxy groups -OCH3 is 1. The Balaban J connectivity index is 1.71. The lowest BCUT2D eigenvalue weighted by molar-refractivity contribution is -0.246. The topological polar surface area (TPSA) is 43.2 Å². The monoisotopic (exact) mass is 248 g/mol. The van der Waals surface area contributed by atoms with Crippen LogP contribution in [-0.2, 0) is 9.47 Å². The van der Waals surface area contributed by atoms with Gasteiger partial charge in [0.1, 0.15) is 0 Å². The second-order valence-electron chi connectivity index (χ2n) is 6.20. The second kappa shape index (κ2) is 3.42. The van der Waals surface area contributed by atoms with Gasteiger partial charge < -0.3 is 4.74 Å². The number of rotatable bonds is 1. The highest BCUT2D eigenvalue weighted by molar-refractivity contribution is 5.26. The summed E-state index contributed by atoms with van der Waals surface area (Å²) in [7, 11) is 1.63. The molecule has 0 N–H and O–H groups in total. The number of ether oxygens (including phenoxy) is 2. The first-order valence-corrected chi connectivity index (χ1v) is 7.06. The third-order valence-corrected chi connectivity index (χ3v) is 5.40. The van der Waals surface area contributed by atoms with Crippen molar-refractivity contribution in [2.75, 3.05) is 7.11 Å². The number of nitrogens with zero attached hydrogens (tertiary/aromatic N) is 2. The average Bonchev–Trinajstić information content (AvgIpc) is 3.02. The van der Waals surface area contributed by atoms with E-state index < -0.39 is 11.6 Å². The van der Waals surface area contributed by atoms with Gasteiger partial charge in [0, 0.05) is 25.9 Å². The van der Waals surface area contributed by atoms with Crippen LogP contribution in [0.15, 0.2) is 22.4 Å². The summed E-state index contributed by atoms with van der Waals surface area (Å²) in [6, 6.07) is 0. The van der Waals surface area contributed by atoms with Crippen LogP contribution in [0.5, 0.6) is 0 Å². The maximum Gasteiger partial charge on any atom is 0.286 e. The van der Waals surface area contributed by atoms with E-state index in [4.69, 9.17) is 9.47 Å². The van der Waals surface area contributed by atoms with E-state index in [1.54, 1.807) is 7.11 Å². The third kappa shape index (κ3) is 1.18. The fourth-order valence-electron chi connectivity index (χ4n) is 4.58. The van der Waals surface area contributed by atoms with Gasteiger partial charge >= 0.3 is 0 Å². The molecule has 4 aliphatic rings. The predicted molar refractivity (Wildman–Crippen MR) is 65.7 cm³/mol. The molecule has 1 heterocycles. The Hall–Kier alpha value is -0.740. The lowest BCUT2D eigenvalue weighted by Gasteiger charge is -2.31. The summed E-state index contributed by atoms with van der Waals surface area (Å²) >= 11 is 0. The highest BCUT2D eigenvalue weighted by Gasteiger charge is 2.67. The van der Waals surface area contributed by atoms with Crippen molar-refractivity contribution in [3.05, 3.63) is 12.2 Å². The Morgan fingerprint density at radius 1 is 1.11 bits per heavy atom. The minimum Gasteiger partial charge on any atom is -0.334 e. The van der Waals surface area contributed by atoms with Gasteiger partial charge in [-0.15, -0.1) is 5.11 Å². The maximum atomic E-state index is 6.21. The SMILES string of the molecule is COC1(C)N=NC2(O1)[C@@H]1C=C[C@H]2[C@H]2CCCC[C@H]21. The quantitative estimate of drug-likeness (QED) is 0.669. The van der Waals surface area contributed by atoms with Gasteiger partial charge in [0.2, 0.25) is 0 Å². The van der Waals surface area contributed by atoms with E-state index in [1.165, 1.54) is 25.7 Å². The van der Waals surface area contributed by atoms with Crippen LogP contribution in [0.2, 0.25) is 0 Å². The summed E-state index contributed by atoms with van der Waals surface area (Å²) in [5.41, 5.74) is -0.440. The molecule has 0 aromatic carbocycles. The first-order valence-electron chi connectivity index (χ1n) is 7.06. The van der Waals surface area contributed by atoms with Gasteiger partial charge in [-0.3, -0.25) is 4.74 Å². The molecule has 18 heavy (non-hydrogen) atoms. The van der Waals surface area contributed by atoms with Crippen LogP contribution in [0, 0.1) is 23.7 Å². The Bertz CT molecular complexity index is 412. The van der Waals surface area contributed by atoms with Gasteiger partial charge in [0.25, 0.3) is 5.91 Å². The summed E-state index contributed by atoms with van der Waals surface area (Å²) in [5.74, 6) is 1.43. The summed E-state index contributed by atoms with van der Waals surface area (Å²) in [6.07, 6.45) is 9.98. The second-order valence-corrected chi connectivity index (χ2v) is 6.20. The first kappa shape index (κ1) is 11.1. The summed E-state index contributed by atoms with van der Waals surface area (Å²) in [5, 5.41) is 8.82. The molecule has 98 valence electrons. The Morgan fingerprint density at radius 3 is 2.22 bits per heavy atom. The first-order chi connectivity index (χ1) is 8.69. The standard InChI is InChI=1S/C14H20N2O2/c1-13(17-2)15-16-14(18-13)11-7-8-12(14)10-6-4-3-5-9(10)11/h7-12H,3-6H2,1-2H3/t9-,10+,11-,12+,13?,14?. The van der Waals surface area contributed by atoms with E-state index in [1.807, 2.05) is 6.92 Å². The van der Waals surface area contributed by atoms with Gasteiger partial charge in [-0.1, -0.05) is 25.0 Å². The van der Waals surface area contributed by atoms with Crippen molar-refractivity contribution in [2.24, 2.45) is 33.9 Å². The number of hydrogen-bond donors (Lipinski definition) is 0. The van der Waals surface area contributed by atoms with Crippen LogP contribution < -0.4 is 0 Å². The normalized spacial score (nSPS) is 56.6. The summed E-state index contributed by atoms with van der Waals surface area (Å²) in [6.45, 7) is 1.85. The molecule has 0 aromatic rings. The van der Waals surface area contributed by atoms with Crippen molar-refractivity contribution in [2.45, 2.75) is 44.2 Å². The lowest BCUT2D eigenvalue weighted by atomic mass is 9.73. The molecule has 3 aliphatic carbocycles. The number of hydrogen-bond acceptors (Lipinski definition) is 4. The van der Waals surface area contributed by atoms with Crippen LogP contribution in [0.25, 0.3) is 0 Å². The van der Waals surface area contributed by atoms with E-state index in [9.17, 15) is 0 Å². The molecule has 2 unspecified atom stereocenters. The van der Waals surface area contributed by atoms with E-state index in [2.05, 4.69) is 22.4 Å². The minimum absolute atomic E-state index is 0.411.